The number of benzene rings is 1. The standard InChI is InChI=1S/C18H26O2/c1-13-8-10-18(20,11-9-13)17(19)16-7-3-6-15(12-16)14-4-2-5-14/h3,6-7,12-14,17,19-20H,2,4-5,8-11H2,1H3. The van der Waals surface area contributed by atoms with Gasteiger partial charge in [-0.2, -0.15) is 0 Å². The molecule has 2 aliphatic rings. The van der Waals surface area contributed by atoms with Gasteiger partial charge in [0.1, 0.15) is 6.10 Å². The van der Waals surface area contributed by atoms with E-state index in [4.69, 9.17) is 0 Å². The van der Waals surface area contributed by atoms with Crippen LogP contribution in [0.5, 0.6) is 0 Å². The van der Waals surface area contributed by atoms with E-state index in [9.17, 15) is 10.2 Å². The molecule has 20 heavy (non-hydrogen) atoms. The molecule has 2 aliphatic carbocycles. The van der Waals surface area contributed by atoms with E-state index in [2.05, 4.69) is 19.1 Å². The first-order valence-corrected chi connectivity index (χ1v) is 8.09. The first-order valence-electron chi connectivity index (χ1n) is 8.09. The van der Waals surface area contributed by atoms with Gasteiger partial charge in [-0.05, 0) is 61.5 Å². The molecule has 0 saturated heterocycles. The van der Waals surface area contributed by atoms with Gasteiger partial charge in [-0.15, -0.1) is 0 Å². The summed E-state index contributed by atoms with van der Waals surface area (Å²) in [5.41, 5.74) is 1.30. The van der Waals surface area contributed by atoms with Crippen LogP contribution in [-0.4, -0.2) is 15.8 Å². The van der Waals surface area contributed by atoms with E-state index in [0.29, 0.717) is 24.7 Å². The van der Waals surface area contributed by atoms with Gasteiger partial charge in [-0.1, -0.05) is 37.6 Å². The largest absolute Gasteiger partial charge is 0.387 e. The van der Waals surface area contributed by atoms with Crippen LogP contribution in [0, 0.1) is 5.92 Å². The summed E-state index contributed by atoms with van der Waals surface area (Å²) in [6.07, 6.45) is 6.55. The lowest BCUT2D eigenvalue weighted by molar-refractivity contribution is -0.105. The van der Waals surface area contributed by atoms with E-state index in [-0.39, 0.29) is 0 Å². The highest BCUT2D eigenvalue weighted by atomic mass is 16.3. The second-order valence-corrected chi connectivity index (χ2v) is 6.99. The number of aliphatic hydroxyl groups is 2. The average Bonchev–Trinajstić information content (AvgIpc) is 2.40. The van der Waals surface area contributed by atoms with Gasteiger partial charge in [0.25, 0.3) is 0 Å². The third-order valence-electron chi connectivity index (χ3n) is 5.45. The Kier molecular flexibility index (Phi) is 3.87. The van der Waals surface area contributed by atoms with Crippen LogP contribution in [-0.2, 0) is 0 Å². The molecule has 2 N–H and O–H groups in total. The second-order valence-electron chi connectivity index (χ2n) is 6.99. The maximum Gasteiger partial charge on any atom is 0.108 e. The van der Waals surface area contributed by atoms with E-state index >= 15 is 0 Å². The molecule has 1 unspecified atom stereocenters. The first kappa shape index (κ1) is 14.1. The molecule has 2 saturated carbocycles. The van der Waals surface area contributed by atoms with Gasteiger partial charge in [0, 0.05) is 0 Å². The van der Waals surface area contributed by atoms with Gasteiger partial charge in [0.15, 0.2) is 0 Å². The summed E-state index contributed by atoms with van der Waals surface area (Å²) in [6.45, 7) is 2.23. The van der Waals surface area contributed by atoms with E-state index in [1.54, 1.807) is 0 Å². The average molecular weight is 274 g/mol. The first-order chi connectivity index (χ1) is 9.58. The number of hydrogen-bond acceptors (Lipinski definition) is 2. The molecule has 3 rings (SSSR count). The second kappa shape index (κ2) is 5.50. The van der Waals surface area contributed by atoms with Crippen molar-refractivity contribution in [3.8, 4) is 0 Å². The molecule has 0 radical (unpaired) electrons. The Morgan fingerprint density at radius 1 is 1.15 bits per heavy atom. The Balaban J connectivity index is 1.77. The maximum atomic E-state index is 10.8. The summed E-state index contributed by atoms with van der Waals surface area (Å²) in [5.74, 6) is 1.34. The Morgan fingerprint density at radius 3 is 2.45 bits per heavy atom. The van der Waals surface area contributed by atoms with Crippen LogP contribution in [0.1, 0.15) is 75.0 Å². The summed E-state index contributed by atoms with van der Waals surface area (Å²) >= 11 is 0. The molecule has 2 nitrogen and oxygen atoms in total. The minimum absolute atomic E-state index is 0.670. The van der Waals surface area contributed by atoms with Crippen LogP contribution in [0.25, 0.3) is 0 Å². The zero-order valence-corrected chi connectivity index (χ0v) is 12.4. The van der Waals surface area contributed by atoms with Gasteiger partial charge >= 0.3 is 0 Å². The fourth-order valence-corrected chi connectivity index (χ4v) is 3.57. The molecule has 0 amide bonds. The minimum atomic E-state index is -0.926. The molecule has 0 aromatic heterocycles. The predicted octanol–water partition coefficient (Wildman–Crippen LogP) is 3.93. The van der Waals surface area contributed by atoms with Crippen molar-refractivity contribution in [1.29, 1.82) is 0 Å². The van der Waals surface area contributed by atoms with Gasteiger partial charge in [-0.3, -0.25) is 0 Å². The topological polar surface area (TPSA) is 40.5 Å². The van der Waals surface area contributed by atoms with Crippen LogP contribution < -0.4 is 0 Å². The van der Waals surface area contributed by atoms with Crippen LogP contribution in [0.15, 0.2) is 24.3 Å². The molecular formula is C18H26O2. The maximum absolute atomic E-state index is 10.8. The monoisotopic (exact) mass is 274 g/mol. The van der Waals surface area contributed by atoms with Crippen molar-refractivity contribution < 1.29 is 10.2 Å². The fourth-order valence-electron chi connectivity index (χ4n) is 3.57. The van der Waals surface area contributed by atoms with Crippen molar-refractivity contribution in [2.45, 2.75) is 69.5 Å². The lowest BCUT2D eigenvalue weighted by Gasteiger charge is -2.39. The van der Waals surface area contributed by atoms with Crippen molar-refractivity contribution >= 4 is 0 Å². The molecule has 0 heterocycles. The highest BCUT2D eigenvalue weighted by Gasteiger charge is 2.39. The third kappa shape index (κ3) is 2.64. The molecule has 2 fully saturated rings. The Bertz CT molecular complexity index is 456. The Morgan fingerprint density at radius 2 is 1.85 bits per heavy atom. The lowest BCUT2D eigenvalue weighted by atomic mass is 9.74. The molecule has 0 spiro atoms. The third-order valence-corrected chi connectivity index (χ3v) is 5.45. The highest BCUT2D eigenvalue weighted by molar-refractivity contribution is 5.30. The zero-order valence-electron chi connectivity index (χ0n) is 12.4. The smallest absolute Gasteiger partial charge is 0.108 e. The Hall–Kier alpha value is -0.860. The summed E-state index contributed by atoms with van der Waals surface area (Å²) in [6, 6.07) is 8.27. The highest BCUT2D eigenvalue weighted by Crippen LogP contribution is 2.42. The molecule has 0 bridgehead atoms. The fraction of sp³-hybridized carbons (Fsp3) is 0.667. The number of hydrogen-bond donors (Lipinski definition) is 2. The summed E-state index contributed by atoms with van der Waals surface area (Å²) in [7, 11) is 0. The van der Waals surface area contributed by atoms with Crippen molar-refractivity contribution in [1.82, 2.24) is 0 Å². The molecule has 1 atom stereocenters. The number of aliphatic hydroxyl groups excluding tert-OH is 1. The molecule has 0 aliphatic heterocycles. The van der Waals surface area contributed by atoms with Gasteiger partial charge in [0.05, 0.1) is 5.60 Å². The van der Waals surface area contributed by atoms with Gasteiger partial charge < -0.3 is 10.2 Å². The predicted molar refractivity (Wildman–Crippen MR) is 80.6 cm³/mol. The minimum Gasteiger partial charge on any atom is -0.387 e. The summed E-state index contributed by atoms with van der Waals surface area (Å²) in [4.78, 5) is 0. The van der Waals surface area contributed by atoms with E-state index in [1.807, 2.05) is 12.1 Å². The van der Waals surface area contributed by atoms with Crippen molar-refractivity contribution in [3.05, 3.63) is 35.4 Å². The zero-order chi connectivity index (χ0) is 14.2. The summed E-state index contributed by atoms with van der Waals surface area (Å²) < 4.78 is 0. The molecule has 1 aromatic rings. The Labute approximate surface area is 121 Å². The molecule has 2 heteroatoms. The van der Waals surface area contributed by atoms with Crippen LogP contribution >= 0.6 is 0 Å². The van der Waals surface area contributed by atoms with E-state index in [0.717, 1.165) is 18.4 Å². The summed E-state index contributed by atoms with van der Waals surface area (Å²) in [5, 5.41) is 21.4. The quantitative estimate of drug-likeness (QED) is 0.876. The van der Waals surface area contributed by atoms with Crippen LogP contribution in [0.3, 0.4) is 0 Å². The van der Waals surface area contributed by atoms with Crippen molar-refractivity contribution in [2.75, 3.05) is 0 Å². The van der Waals surface area contributed by atoms with Crippen molar-refractivity contribution in [3.63, 3.8) is 0 Å². The van der Waals surface area contributed by atoms with Gasteiger partial charge in [0.2, 0.25) is 0 Å². The van der Waals surface area contributed by atoms with Crippen LogP contribution in [0.4, 0.5) is 0 Å². The molecule has 1 aromatic carbocycles. The van der Waals surface area contributed by atoms with E-state index < -0.39 is 11.7 Å². The van der Waals surface area contributed by atoms with Crippen LogP contribution in [0.2, 0.25) is 0 Å². The SMILES string of the molecule is CC1CCC(O)(C(O)c2cccc(C3CCC3)c2)CC1. The van der Waals surface area contributed by atoms with Crippen molar-refractivity contribution in [2.24, 2.45) is 5.92 Å². The normalized spacial score (nSPS) is 32.6. The molecule has 110 valence electrons. The number of rotatable bonds is 3. The van der Waals surface area contributed by atoms with E-state index in [1.165, 1.54) is 24.8 Å². The van der Waals surface area contributed by atoms with Gasteiger partial charge in [-0.25, -0.2) is 0 Å². The lowest BCUT2D eigenvalue weighted by Crippen LogP contribution is -2.39. The molecular weight excluding hydrogens is 248 g/mol.